The average Bonchev–Trinajstić information content (AvgIpc) is 3.29. The Hall–Kier alpha value is -4.23. The molecule has 0 radical (unpaired) electrons. The van der Waals surface area contributed by atoms with E-state index in [1.54, 1.807) is 115 Å². The summed E-state index contributed by atoms with van der Waals surface area (Å²) in [5.41, 5.74) is 1.22. The van der Waals surface area contributed by atoms with Gasteiger partial charge in [-0.1, -0.05) is 91.1 Å². The first-order valence-electron chi connectivity index (χ1n) is 20.2. The van der Waals surface area contributed by atoms with Gasteiger partial charge in [-0.2, -0.15) is 0 Å². The van der Waals surface area contributed by atoms with E-state index in [0.717, 1.165) is 46.3 Å². The number of halogens is 1. The van der Waals surface area contributed by atoms with Crippen LogP contribution in [0.2, 0.25) is 0 Å². The Morgan fingerprint density at radius 3 is 1.00 bits per heavy atom. The second-order valence-electron chi connectivity index (χ2n) is 15.3. The van der Waals surface area contributed by atoms with Crippen LogP contribution in [0, 0.1) is 6.92 Å². The molecule has 0 spiro atoms. The second-order valence-corrected chi connectivity index (χ2v) is 24.2. The highest BCUT2D eigenvalue weighted by Gasteiger charge is 2.28. The van der Waals surface area contributed by atoms with Crippen LogP contribution < -0.4 is 0 Å². The van der Waals surface area contributed by atoms with Crippen LogP contribution in [-0.4, -0.2) is 16.8 Å². The first-order chi connectivity index (χ1) is 29.6. The first kappa shape index (κ1) is 45.8. The van der Waals surface area contributed by atoms with E-state index in [0.29, 0.717) is 12.0 Å². The Morgan fingerprint density at radius 2 is 0.677 bits per heavy atom. The van der Waals surface area contributed by atoms with Gasteiger partial charge < -0.3 is 0 Å². The van der Waals surface area contributed by atoms with Crippen molar-refractivity contribution in [2.24, 2.45) is 0 Å². The van der Waals surface area contributed by atoms with E-state index in [2.05, 4.69) is 93.6 Å². The molecule has 11 heteroatoms. The van der Waals surface area contributed by atoms with Gasteiger partial charge in [0, 0.05) is 39.0 Å². The van der Waals surface area contributed by atoms with Crippen molar-refractivity contribution >= 4 is 66.7 Å². The fourth-order valence-electron chi connectivity index (χ4n) is 6.58. The number of thioether (sulfide) groups is 1. The zero-order valence-electron chi connectivity index (χ0n) is 35.0. The maximum atomic E-state index is 14.7. The smallest absolute Gasteiger partial charge is 0.206 e. The number of hydrogen-bond donors (Lipinski definition) is 0. The monoisotopic (exact) mass is 934 g/mol. The van der Waals surface area contributed by atoms with Gasteiger partial charge in [0.1, 0.15) is 5.67 Å². The zero-order valence-corrected chi connectivity index (χ0v) is 39.9. The van der Waals surface area contributed by atoms with Crippen LogP contribution in [0.5, 0.6) is 0 Å². The van der Waals surface area contributed by atoms with Crippen LogP contribution in [0.1, 0.15) is 57.2 Å². The SMILES string of the molecule is CCC(C)(F)c1ccc(S(=O)(=O)c2ccc(Sc3ccc(Sc4ccc(SC(C)(CC)c5ccc(S(=O)(=O)c6ccc(Sc7ccc(C)cc7)cc6)cc5)cc4)cc3)cc2)cc1. The summed E-state index contributed by atoms with van der Waals surface area (Å²) in [7, 11) is -7.41. The summed E-state index contributed by atoms with van der Waals surface area (Å²) in [5, 5.41) is 0. The van der Waals surface area contributed by atoms with E-state index in [-0.39, 0.29) is 24.3 Å². The largest absolute Gasteiger partial charge is 0.239 e. The average molecular weight is 935 g/mol. The summed E-state index contributed by atoms with van der Waals surface area (Å²) in [6, 6.07) is 52.4. The number of rotatable bonds is 16. The molecular formula is C51H47FO4S6. The van der Waals surface area contributed by atoms with Crippen molar-refractivity contribution in [2.45, 2.75) is 112 Å². The molecule has 2 atom stereocenters. The van der Waals surface area contributed by atoms with Gasteiger partial charge in [0.2, 0.25) is 19.7 Å². The fourth-order valence-corrected chi connectivity index (χ4v) is 12.7. The van der Waals surface area contributed by atoms with E-state index < -0.39 is 25.3 Å². The molecule has 7 aromatic carbocycles. The lowest BCUT2D eigenvalue weighted by Gasteiger charge is -2.28. The van der Waals surface area contributed by atoms with Crippen LogP contribution in [0.25, 0.3) is 0 Å². The van der Waals surface area contributed by atoms with E-state index in [1.165, 1.54) is 24.6 Å². The van der Waals surface area contributed by atoms with Gasteiger partial charge in [-0.05, 0) is 178 Å². The number of hydrogen-bond acceptors (Lipinski definition) is 8. The molecule has 4 nitrogen and oxygen atoms in total. The Morgan fingerprint density at radius 1 is 0.403 bits per heavy atom. The summed E-state index contributed by atoms with van der Waals surface area (Å²) < 4.78 is 68.1. The van der Waals surface area contributed by atoms with Gasteiger partial charge >= 0.3 is 0 Å². The molecule has 0 N–H and O–H groups in total. The third kappa shape index (κ3) is 10.7. The minimum absolute atomic E-state index is 0.139. The van der Waals surface area contributed by atoms with Crippen LogP contribution in [0.3, 0.4) is 0 Å². The predicted molar refractivity (Wildman–Crippen MR) is 255 cm³/mol. The van der Waals surface area contributed by atoms with Crippen molar-refractivity contribution in [1.29, 1.82) is 0 Å². The summed E-state index contributed by atoms with van der Waals surface area (Å²) >= 11 is 6.60. The third-order valence-electron chi connectivity index (χ3n) is 10.9. The highest BCUT2D eigenvalue weighted by molar-refractivity contribution is 8.00. The van der Waals surface area contributed by atoms with Crippen LogP contribution in [0.15, 0.2) is 224 Å². The molecule has 62 heavy (non-hydrogen) atoms. The van der Waals surface area contributed by atoms with Crippen molar-refractivity contribution in [1.82, 2.24) is 0 Å². The topological polar surface area (TPSA) is 68.3 Å². The Kier molecular flexibility index (Phi) is 14.2. The molecule has 0 aromatic heterocycles. The van der Waals surface area contributed by atoms with Crippen molar-refractivity contribution in [3.05, 3.63) is 187 Å². The van der Waals surface area contributed by atoms with Gasteiger partial charge in [-0.25, -0.2) is 21.2 Å². The molecule has 0 amide bonds. The fraction of sp³-hybridized carbons (Fsp3) is 0.176. The summed E-state index contributed by atoms with van der Waals surface area (Å²) in [6.07, 6.45) is 1.16. The highest BCUT2D eigenvalue weighted by Crippen LogP contribution is 2.45. The van der Waals surface area contributed by atoms with E-state index >= 15 is 0 Å². The number of alkyl halides is 1. The number of aryl methyl sites for hydroxylation is 1. The molecule has 2 unspecified atom stereocenters. The molecule has 0 saturated heterocycles. The molecule has 0 saturated carbocycles. The minimum Gasteiger partial charge on any atom is -0.239 e. The summed E-state index contributed by atoms with van der Waals surface area (Å²) in [6.45, 7) is 9.66. The number of sulfone groups is 2. The minimum atomic E-state index is -3.74. The van der Waals surface area contributed by atoms with Gasteiger partial charge in [-0.3, -0.25) is 0 Å². The lowest BCUT2D eigenvalue weighted by molar-refractivity contribution is 0.185. The van der Waals surface area contributed by atoms with E-state index in [9.17, 15) is 21.2 Å². The highest BCUT2D eigenvalue weighted by atomic mass is 32.2. The third-order valence-corrected chi connectivity index (χ3v) is 19.0. The molecule has 0 aliphatic rings. The lowest BCUT2D eigenvalue weighted by atomic mass is 9.95. The Labute approximate surface area is 383 Å². The molecule has 7 rings (SSSR count). The molecular weight excluding hydrogens is 888 g/mol. The normalized spacial score (nSPS) is 13.9. The van der Waals surface area contributed by atoms with Gasteiger partial charge in [0.15, 0.2) is 0 Å². The van der Waals surface area contributed by atoms with Crippen LogP contribution in [0.4, 0.5) is 4.39 Å². The molecule has 0 aliphatic heterocycles. The molecule has 0 bridgehead atoms. The van der Waals surface area contributed by atoms with Crippen molar-refractivity contribution < 1.29 is 21.2 Å². The van der Waals surface area contributed by atoms with Crippen LogP contribution in [-0.2, 0) is 30.1 Å². The van der Waals surface area contributed by atoms with Crippen molar-refractivity contribution in [3.63, 3.8) is 0 Å². The first-order valence-corrected chi connectivity index (χ1v) is 26.4. The molecule has 318 valence electrons. The molecule has 0 aliphatic carbocycles. The Balaban J connectivity index is 0.933. The Bertz CT molecular complexity index is 2830. The van der Waals surface area contributed by atoms with Crippen molar-refractivity contribution in [3.8, 4) is 0 Å². The maximum absolute atomic E-state index is 14.7. The van der Waals surface area contributed by atoms with E-state index in [4.69, 9.17) is 0 Å². The maximum Gasteiger partial charge on any atom is 0.206 e. The number of benzene rings is 7. The quantitative estimate of drug-likeness (QED) is 0.0888. The lowest BCUT2D eigenvalue weighted by Crippen LogP contribution is -2.16. The van der Waals surface area contributed by atoms with Crippen LogP contribution >= 0.6 is 47.0 Å². The van der Waals surface area contributed by atoms with Gasteiger partial charge in [-0.15, -0.1) is 11.8 Å². The van der Waals surface area contributed by atoms with E-state index in [1.807, 2.05) is 24.3 Å². The van der Waals surface area contributed by atoms with Gasteiger partial charge in [0.05, 0.1) is 19.6 Å². The summed E-state index contributed by atoms with van der Waals surface area (Å²) in [5.74, 6) is 0. The summed E-state index contributed by atoms with van der Waals surface area (Å²) in [4.78, 5) is 8.25. The van der Waals surface area contributed by atoms with Gasteiger partial charge in [0.25, 0.3) is 0 Å². The molecule has 7 aromatic rings. The van der Waals surface area contributed by atoms with Crippen molar-refractivity contribution in [2.75, 3.05) is 0 Å². The standard InChI is InChI=1S/C51H47FO4S6/c1-6-50(4,52)37-10-28-46(29-11-37)61(53,54)48-34-26-44(27-35-48)59-41-18-16-40(17-19-41)58-42-20-22-45(23-21-42)60-51(5,7-2)38-12-30-47(31-13-38)62(55,56)49-32-24-43(25-33-49)57-39-14-8-36(3)9-15-39/h8-35H,6-7H2,1-5H3. The molecule has 0 heterocycles. The molecule has 0 fully saturated rings. The zero-order chi connectivity index (χ0) is 44.1. The predicted octanol–water partition coefficient (Wildman–Crippen LogP) is 15.1. The second kappa shape index (κ2) is 19.3.